The van der Waals surface area contributed by atoms with E-state index in [9.17, 15) is 0 Å². The van der Waals surface area contributed by atoms with Crippen LogP contribution in [0.3, 0.4) is 0 Å². The normalized spacial score (nSPS) is 46.8. The molecule has 1 heterocycles. The monoisotopic (exact) mass is 524 g/mol. The molecule has 4 aliphatic carbocycles. The Morgan fingerprint density at radius 3 is 2.57 bits per heavy atom. The quantitative estimate of drug-likeness (QED) is 0.141. The number of alkyl halides is 1. The van der Waals surface area contributed by atoms with Gasteiger partial charge in [0, 0.05) is 3.92 Å². The molecule has 0 aromatic rings. The van der Waals surface area contributed by atoms with Gasteiger partial charge in [0.05, 0.1) is 0 Å². The van der Waals surface area contributed by atoms with Crippen molar-refractivity contribution in [3.05, 3.63) is 11.6 Å². The van der Waals surface area contributed by atoms with Crippen LogP contribution in [0.5, 0.6) is 0 Å². The Labute approximate surface area is 198 Å². The Bertz CT molecular complexity index is 668. The first-order chi connectivity index (χ1) is 13.9. The molecule has 0 spiro atoms. The van der Waals surface area contributed by atoms with E-state index in [1.54, 1.807) is 32.1 Å². The highest BCUT2D eigenvalue weighted by molar-refractivity contribution is 14.2. The van der Waals surface area contributed by atoms with Crippen molar-refractivity contribution in [2.45, 2.75) is 116 Å². The second-order valence-corrected chi connectivity index (χ2v) is 15.3. The lowest BCUT2D eigenvalue weighted by molar-refractivity contribution is -0.0451. The lowest BCUT2D eigenvalue weighted by Gasteiger charge is -2.58. The number of unbranched alkanes of at least 4 members (excludes halogenated alkanes) is 1. The summed E-state index contributed by atoms with van der Waals surface area (Å²) < 4.78 is 3.78. The van der Waals surface area contributed by atoms with E-state index in [1.165, 1.54) is 44.9 Å². The number of hydrogen-bond donors (Lipinski definition) is 0. The van der Waals surface area contributed by atoms with E-state index >= 15 is 0 Å². The van der Waals surface area contributed by atoms with Gasteiger partial charge in [-0.15, -0.1) is 20.7 Å². The zero-order valence-electron chi connectivity index (χ0n) is 19.6. The average Bonchev–Trinajstić information content (AvgIpc) is 3.47. The molecular formula is C29H49I. The second kappa shape index (κ2) is 8.94. The van der Waals surface area contributed by atoms with Gasteiger partial charge in [-0.1, -0.05) is 66.0 Å². The predicted molar refractivity (Wildman–Crippen MR) is 143 cm³/mol. The van der Waals surface area contributed by atoms with E-state index in [1.807, 2.05) is 5.57 Å². The fraction of sp³-hybridized carbons (Fsp3) is 0.897. The van der Waals surface area contributed by atoms with Crippen molar-refractivity contribution >= 4 is 24.7 Å². The maximum atomic E-state index is 2.80. The molecule has 30 heavy (non-hydrogen) atoms. The first-order valence-corrected chi connectivity index (χ1v) is 15.6. The van der Waals surface area contributed by atoms with Crippen molar-refractivity contribution in [2.24, 2.45) is 46.3 Å². The zero-order valence-corrected chi connectivity index (χ0v) is 21.7. The molecule has 0 bridgehead atoms. The molecule has 0 amide bonds. The molecule has 8 atom stereocenters. The highest BCUT2D eigenvalue weighted by atomic mass is 127. The highest BCUT2D eigenvalue weighted by Gasteiger charge is 2.58. The third-order valence-corrected chi connectivity index (χ3v) is 13.2. The minimum Gasteiger partial charge on any atom is -0.118 e. The summed E-state index contributed by atoms with van der Waals surface area (Å²) in [6.07, 6.45) is 20.9. The van der Waals surface area contributed by atoms with Gasteiger partial charge in [0.1, 0.15) is 0 Å². The number of hydrogen-bond acceptors (Lipinski definition) is 0. The molecule has 1 heteroatoms. The minimum absolute atomic E-state index is 0. The zero-order chi connectivity index (χ0) is 20.2. The van der Waals surface area contributed by atoms with Crippen molar-refractivity contribution in [1.82, 2.24) is 0 Å². The van der Waals surface area contributed by atoms with Crippen LogP contribution in [0.4, 0.5) is 0 Å². The molecule has 5 rings (SSSR count). The third kappa shape index (κ3) is 4.05. The van der Waals surface area contributed by atoms with Crippen LogP contribution in [0.15, 0.2) is 11.6 Å². The van der Waals surface area contributed by atoms with Crippen LogP contribution in [0.1, 0.15) is 112 Å². The smallest absolute Gasteiger partial charge is 0.0323 e. The van der Waals surface area contributed by atoms with Gasteiger partial charge < -0.3 is 0 Å². The van der Waals surface area contributed by atoms with Crippen molar-refractivity contribution in [3.63, 3.8) is 0 Å². The van der Waals surface area contributed by atoms with Crippen molar-refractivity contribution < 1.29 is 0 Å². The summed E-state index contributed by atoms with van der Waals surface area (Å²) in [6, 6.07) is 0. The number of allylic oxidation sites excluding steroid dienone is 2. The number of fused-ring (bicyclic) bond motifs is 5. The summed E-state index contributed by atoms with van der Waals surface area (Å²) in [7, 11) is 0. The summed E-state index contributed by atoms with van der Waals surface area (Å²) in [5.74, 6) is 6.03. The maximum absolute atomic E-state index is 2.80. The van der Waals surface area contributed by atoms with Crippen molar-refractivity contribution in [3.8, 4) is 0 Å². The van der Waals surface area contributed by atoms with Crippen molar-refractivity contribution in [2.75, 3.05) is 0 Å². The lowest BCUT2D eigenvalue weighted by atomic mass is 9.47. The minimum atomic E-state index is 0. The topological polar surface area (TPSA) is 0 Å². The summed E-state index contributed by atoms with van der Waals surface area (Å²) in [5.41, 5.74) is 3.17. The number of rotatable bonds is 6. The first-order valence-electron chi connectivity index (χ1n) is 13.1. The summed E-state index contributed by atoms with van der Waals surface area (Å²) >= 11 is 0.507. The molecule has 1 aliphatic heterocycles. The van der Waals surface area contributed by atoms with Crippen LogP contribution < -0.4 is 0 Å². The van der Waals surface area contributed by atoms with E-state index in [0.717, 1.165) is 39.4 Å². The van der Waals surface area contributed by atoms with Gasteiger partial charge in [0.2, 0.25) is 0 Å². The third-order valence-electron chi connectivity index (χ3n) is 10.6. The van der Waals surface area contributed by atoms with Gasteiger partial charge >= 0.3 is 0 Å². The second-order valence-electron chi connectivity index (χ2n) is 12.5. The van der Waals surface area contributed by atoms with Gasteiger partial charge in [-0.05, 0) is 108 Å². The van der Waals surface area contributed by atoms with Gasteiger partial charge in [0.15, 0.2) is 0 Å². The number of halogens is 1. The van der Waals surface area contributed by atoms with Crippen LogP contribution in [-0.4, -0.2) is 7.94 Å². The molecule has 172 valence electrons. The molecule has 5 aliphatic rings. The Morgan fingerprint density at radius 2 is 1.83 bits per heavy atom. The van der Waals surface area contributed by atoms with Gasteiger partial charge in [0.25, 0.3) is 0 Å². The summed E-state index contributed by atoms with van der Waals surface area (Å²) in [5, 5.41) is 0. The largest absolute Gasteiger partial charge is 0.118 e. The van der Waals surface area contributed by atoms with E-state index in [4.69, 9.17) is 0 Å². The molecular weight excluding hydrogens is 475 g/mol. The molecule has 0 N–H and O–H groups in total. The molecule has 8 unspecified atom stereocenters. The lowest BCUT2D eigenvalue weighted by Crippen LogP contribution is -2.50. The van der Waals surface area contributed by atoms with E-state index in [-0.39, 0.29) is 7.43 Å². The fourth-order valence-corrected chi connectivity index (χ4v) is 10.8. The van der Waals surface area contributed by atoms with Gasteiger partial charge in [-0.3, -0.25) is 0 Å². The molecule has 0 nitrogen and oxygen atoms in total. The van der Waals surface area contributed by atoms with Crippen LogP contribution in [0.2, 0.25) is 0 Å². The van der Waals surface area contributed by atoms with Crippen LogP contribution in [-0.2, 0) is 0 Å². The van der Waals surface area contributed by atoms with Crippen LogP contribution in [0, 0.1) is 46.3 Å². The van der Waals surface area contributed by atoms with E-state index in [2.05, 4.69) is 37.8 Å². The predicted octanol–water partition coefficient (Wildman–Crippen LogP) is 9.19. The van der Waals surface area contributed by atoms with E-state index in [0.29, 0.717) is 31.6 Å². The molecule has 0 aromatic carbocycles. The Kier molecular flexibility index (Phi) is 7.00. The highest BCUT2D eigenvalue weighted by Crippen LogP contribution is 2.67. The maximum Gasteiger partial charge on any atom is 0.0323 e. The summed E-state index contributed by atoms with van der Waals surface area (Å²) in [4.78, 5) is 0. The molecule has 3 fully saturated rings. The van der Waals surface area contributed by atoms with Crippen LogP contribution >= 0.6 is 20.7 Å². The average molecular weight is 525 g/mol. The fourth-order valence-electron chi connectivity index (χ4n) is 8.73. The Morgan fingerprint density at radius 1 is 1.03 bits per heavy atom. The molecule has 0 aromatic heterocycles. The van der Waals surface area contributed by atoms with Gasteiger partial charge in [-0.2, -0.15) is 0 Å². The summed E-state index contributed by atoms with van der Waals surface area (Å²) in [6.45, 7) is 10.2. The Balaban J connectivity index is 0.00000218. The van der Waals surface area contributed by atoms with Crippen LogP contribution in [0.25, 0.3) is 0 Å². The molecule has 3 saturated carbocycles. The van der Waals surface area contributed by atoms with Crippen molar-refractivity contribution in [1.29, 1.82) is 0 Å². The SMILES string of the molecule is C.CC(C)CCCCC1CCC2C3CC=C4CC(C5C=I5)CCC4(C)C3CCC12C. The Hall–Kier alpha value is 0.340. The standard InChI is InChI=1S/C28H45I.CH4/c1-19(2)7-5-6-8-21-10-12-24-23-11-9-22-17-20(26-18-29-26)13-15-28(22,4)25(23)14-16-27(21,24)3;/h9,18-21,23-26H,5-8,10-17H2,1-4H3;1H4. The van der Waals surface area contributed by atoms with Gasteiger partial charge in [-0.25, -0.2) is 0 Å². The molecule has 0 radical (unpaired) electrons. The first kappa shape index (κ1) is 23.5. The molecule has 0 saturated heterocycles. The van der Waals surface area contributed by atoms with E-state index < -0.39 is 0 Å².